The number of hydrogen-bond donors (Lipinski definition) is 1. The minimum atomic E-state index is -0.702. The van der Waals surface area contributed by atoms with E-state index in [2.05, 4.69) is 18.8 Å². The third-order valence-corrected chi connectivity index (χ3v) is 5.12. The van der Waals surface area contributed by atoms with E-state index in [-0.39, 0.29) is 5.91 Å². The summed E-state index contributed by atoms with van der Waals surface area (Å²) in [5, 5.41) is 0. The largest absolute Gasteiger partial charge is 0.392 e. The molecule has 4 nitrogen and oxygen atoms in total. The number of nitrogens with zero attached hydrogens (tertiary/aromatic N) is 2. The van der Waals surface area contributed by atoms with Crippen molar-refractivity contribution in [2.24, 2.45) is 11.1 Å². The first-order valence-electron chi connectivity index (χ1n) is 7.33. The number of aryl methyl sites for hydroxylation is 1. The molecule has 2 N–H and O–H groups in total. The molecule has 0 bridgehead atoms. The molecule has 0 aliphatic rings. The van der Waals surface area contributed by atoms with Gasteiger partial charge in [0.1, 0.15) is 0 Å². The van der Waals surface area contributed by atoms with E-state index >= 15 is 0 Å². The van der Waals surface area contributed by atoms with Crippen molar-refractivity contribution >= 4 is 34.5 Å². The monoisotopic (exact) mass is 327 g/mol. The molecule has 0 aromatic carbocycles. The molecule has 1 amide bonds. The second kappa shape index (κ2) is 7.84. The van der Waals surface area contributed by atoms with Crippen molar-refractivity contribution in [1.29, 1.82) is 0 Å². The molecule has 0 atom stereocenters. The maximum Gasteiger partial charge on any atom is 0.235 e. The zero-order valence-corrected chi connectivity index (χ0v) is 14.9. The molecule has 1 aromatic rings. The van der Waals surface area contributed by atoms with Crippen molar-refractivity contribution in [1.82, 2.24) is 9.88 Å². The van der Waals surface area contributed by atoms with Crippen LogP contribution in [0.2, 0.25) is 0 Å². The van der Waals surface area contributed by atoms with Crippen molar-refractivity contribution in [3.63, 3.8) is 0 Å². The predicted octanol–water partition coefficient (Wildman–Crippen LogP) is 3.28. The lowest BCUT2D eigenvalue weighted by Gasteiger charge is -2.34. The Hall–Kier alpha value is -1.01. The number of hydrogen-bond acceptors (Lipinski definition) is 4. The summed E-state index contributed by atoms with van der Waals surface area (Å²) in [5.74, 6) is 0.0338. The molecule has 118 valence electrons. The number of amides is 1. The maximum absolute atomic E-state index is 13.0. The molecule has 0 aliphatic heterocycles. The Morgan fingerprint density at radius 2 is 2.00 bits per heavy atom. The van der Waals surface area contributed by atoms with Gasteiger partial charge in [-0.25, -0.2) is 4.98 Å². The van der Waals surface area contributed by atoms with Crippen LogP contribution in [0.1, 0.15) is 50.1 Å². The topological polar surface area (TPSA) is 59.2 Å². The highest BCUT2D eigenvalue weighted by Crippen LogP contribution is 2.33. The average Bonchev–Trinajstić information content (AvgIpc) is 2.82. The zero-order chi connectivity index (χ0) is 16.0. The van der Waals surface area contributed by atoms with Crippen LogP contribution >= 0.6 is 23.6 Å². The van der Waals surface area contributed by atoms with Crippen LogP contribution in [0.25, 0.3) is 0 Å². The number of carbonyl (C=O) groups excluding carboxylic acids is 1. The number of aromatic nitrogens is 1. The Balaban J connectivity index is 2.98. The summed E-state index contributed by atoms with van der Waals surface area (Å²) in [6.07, 6.45) is 3.19. The molecule has 1 rings (SSSR count). The van der Waals surface area contributed by atoms with Crippen LogP contribution in [0.5, 0.6) is 0 Å². The lowest BCUT2D eigenvalue weighted by Crippen LogP contribution is -2.49. The van der Waals surface area contributed by atoms with E-state index in [4.69, 9.17) is 18.0 Å². The lowest BCUT2D eigenvalue weighted by molar-refractivity contribution is -0.138. The van der Waals surface area contributed by atoms with Crippen LogP contribution in [0.15, 0.2) is 5.51 Å². The third kappa shape index (κ3) is 4.01. The predicted molar refractivity (Wildman–Crippen MR) is 92.4 cm³/mol. The van der Waals surface area contributed by atoms with Crippen molar-refractivity contribution in [3.05, 3.63) is 16.1 Å². The number of rotatable bonds is 8. The Bertz CT molecular complexity index is 493. The SMILES string of the molecule is CCCC(CCC)(C(=O)N(C)Cc1scnc1C)C(N)=S. The minimum absolute atomic E-state index is 0.0338. The fraction of sp³-hybridized carbons (Fsp3) is 0.667. The van der Waals surface area contributed by atoms with Crippen LogP contribution in [-0.4, -0.2) is 27.8 Å². The van der Waals surface area contributed by atoms with Gasteiger partial charge in [-0.3, -0.25) is 4.79 Å². The van der Waals surface area contributed by atoms with E-state index < -0.39 is 5.41 Å². The molecule has 0 aliphatic carbocycles. The highest BCUT2D eigenvalue weighted by molar-refractivity contribution is 7.80. The molecule has 0 saturated carbocycles. The van der Waals surface area contributed by atoms with Crippen LogP contribution in [0.4, 0.5) is 0 Å². The number of nitrogens with two attached hydrogens (primary N) is 1. The summed E-state index contributed by atoms with van der Waals surface area (Å²) in [5.41, 5.74) is 8.04. The van der Waals surface area contributed by atoms with Crippen LogP contribution in [0.3, 0.4) is 0 Å². The Morgan fingerprint density at radius 3 is 2.38 bits per heavy atom. The number of thiocarbonyl (C=S) groups is 1. The van der Waals surface area contributed by atoms with E-state index in [9.17, 15) is 4.79 Å². The van der Waals surface area contributed by atoms with E-state index in [1.54, 1.807) is 16.2 Å². The van der Waals surface area contributed by atoms with Crippen LogP contribution in [0, 0.1) is 12.3 Å². The van der Waals surface area contributed by atoms with Gasteiger partial charge in [-0.05, 0) is 19.8 Å². The standard InChI is InChI=1S/C15H25N3OS2/c1-5-7-15(8-6-2,13(16)20)14(19)18(4)9-12-11(3)17-10-21-12/h10H,5-9H2,1-4H3,(H2,16,20). The quantitative estimate of drug-likeness (QED) is 0.744. The van der Waals surface area contributed by atoms with Crippen LogP contribution in [-0.2, 0) is 11.3 Å². The van der Waals surface area contributed by atoms with Gasteiger partial charge in [-0.15, -0.1) is 11.3 Å². The van der Waals surface area contributed by atoms with Gasteiger partial charge < -0.3 is 10.6 Å². The average molecular weight is 328 g/mol. The summed E-state index contributed by atoms with van der Waals surface area (Å²) in [4.78, 5) is 20.4. The second-order valence-corrected chi connectivity index (χ2v) is 6.85. The highest BCUT2D eigenvalue weighted by atomic mass is 32.1. The van der Waals surface area contributed by atoms with E-state index in [1.165, 1.54) is 0 Å². The molecule has 0 unspecified atom stereocenters. The van der Waals surface area contributed by atoms with Crippen molar-refractivity contribution in [2.45, 2.75) is 53.0 Å². The first-order chi connectivity index (χ1) is 9.89. The Kier molecular flexibility index (Phi) is 6.74. The molecular formula is C15H25N3OS2. The molecule has 1 aromatic heterocycles. The first kappa shape index (κ1) is 18.0. The summed E-state index contributed by atoms with van der Waals surface area (Å²) < 4.78 is 0. The van der Waals surface area contributed by atoms with E-state index in [1.807, 2.05) is 19.5 Å². The van der Waals surface area contributed by atoms with Crippen molar-refractivity contribution in [2.75, 3.05) is 7.05 Å². The highest BCUT2D eigenvalue weighted by Gasteiger charge is 2.41. The molecule has 0 fully saturated rings. The molecule has 0 radical (unpaired) electrons. The lowest BCUT2D eigenvalue weighted by atomic mass is 9.77. The Morgan fingerprint density at radius 1 is 1.43 bits per heavy atom. The van der Waals surface area contributed by atoms with Gasteiger partial charge in [-0.2, -0.15) is 0 Å². The minimum Gasteiger partial charge on any atom is -0.392 e. The fourth-order valence-corrected chi connectivity index (χ4v) is 3.80. The summed E-state index contributed by atoms with van der Waals surface area (Å²) in [6.45, 7) is 6.64. The summed E-state index contributed by atoms with van der Waals surface area (Å²) in [7, 11) is 1.82. The van der Waals surface area contributed by atoms with Gasteiger partial charge in [-0.1, -0.05) is 38.9 Å². The Labute approximate surface area is 136 Å². The van der Waals surface area contributed by atoms with Gasteiger partial charge in [0.25, 0.3) is 0 Å². The second-order valence-electron chi connectivity index (χ2n) is 5.47. The van der Waals surface area contributed by atoms with Crippen LogP contribution < -0.4 is 5.73 Å². The molecular weight excluding hydrogens is 302 g/mol. The number of carbonyl (C=O) groups is 1. The molecule has 1 heterocycles. The van der Waals surface area contributed by atoms with Crippen molar-refractivity contribution < 1.29 is 4.79 Å². The first-order valence-corrected chi connectivity index (χ1v) is 8.62. The van der Waals surface area contributed by atoms with Gasteiger partial charge in [0.15, 0.2) is 0 Å². The normalized spacial score (nSPS) is 11.4. The van der Waals surface area contributed by atoms with Gasteiger partial charge >= 0.3 is 0 Å². The smallest absolute Gasteiger partial charge is 0.235 e. The number of thiazole rings is 1. The molecule has 0 spiro atoms. The maximum atomic E-state index is 13.0. The fourth-order valence-electron chi connectivity index (χ4n) is 2.67. The van der Waals surface area contributed by atoms with Gasteiger partial charge in [0, 0.05) is 11.9 Å². The van der Waals surface area contributed by atoms with Gasteiger partial charge in [0.2, 0.25) is 5.91 Å². The molecule has 0 saturated heterocycles. The molecule has 21 heavy (non-hydrogen) atoms. The molecule has 6 heteroatoms. The summed E-state index contributed by atoms with van der Waals surface area (Å²) in [6, 6.07) is 0. The summed E-state index contributed by atoms with van der Waals surface area (Å²) >= 11 is 6.82. The van der Waals surface area contributed by atoms with E-state index in [0.717, 1.165) is 23.4 Å². The third-order valence-electron chi connectivity index (χ3n) is 3.81. The van der Waals surface area contributed by atoms with E-state index in [0.29, 0.717) is 24.4 Å². The zero-order valence-electron chi connectivity index (χ0n) is 13.3. The van der Waals surface area contributed by atoms with Gasteiger partial charge in [0.05, 0.1) is 28.2 Å². The van der Waals surface area contributed by atoms with Crippen molar-refractivity contribution in [3.8, 4) is 0 Å².